The van der Waals surface area contributed by atoms with Crippen LogP contribution in [0.2, 0.25) is 5.02 Å². The van der Waals surface area contributed by atoms with Gasteiger partial charge in [0.05, 0.1) is 5.54 Å². The van der Waals surface area contributed by atoms with Crippen LogP contribution in [0.5, 0.6) is 5.75 Å². The monoisotopic (exact) mass is 304 g/mol. The Kier molecular flexibility index (Phi) is 4.81. The van der Waals surface area contributed by atoms with Crippen molar-refractivity contribution in [2.24, 2.45) is 0 Å². The van der Waals surface area contributed by atoms with E-state index in [1.54, 1.807) is 36.7 Å². The third-order valence-corrected chi connectivity index (χ3v) is 3.29. The molecule has 1 aromatic heterocycles. The first-order chi connectivity index (χ1) is 9.97. The number of nitrogens with zero attached hydrogens (tertiary/aromatic N) is 1. The number of benzene rings is 1. The van der Waals surface area contributed by atoms with E-state index in [1.807, 2.05) is 26.0 Å². The van der Waals surface area contributed by atoms with Crippen molar-refractivity contribution in [2.45, 2.75) is 19.4 Å². The van der Waals surface area contributed by atoms with Gasteiger partial charge in [0, 0.05) is 17.4 Å². The highest BCUT2D eigenvalue weighted by atomic mass is 35.5. The zero-order chi connectivity index (χ0) is 15.3. The van der Waals surface area contributed by atoms with Gasteiger partial charge in [0.2, 0.25) is 0 Å². The highest BCUT2D eigenvalue weighted by Crippen LogP contribution is 2.19. The van der Waals surface area contributed by atoms with Gasteiger partial charge in [-0.25, -0.2) is 0 Å². The quantitative estimate of drug-likeness (QED) is 0.923. The van der Waals surface area contributed by atoms with Crippen molar-refractivity contribution in [1.82, 2.24) is 10.3 Å². The van der Waals surface area contributed by atoms with Gasteiger partial charge in [-0.05, 0) is 55.8 Å². The average molecular weight is 305 g/mol. The van der Waals surface area contributed by atoms with Crippen molar-refractivity contribution in [2.75, 3.05) is 6.61 Å². The molecule has 1 amide bonds. The Bertz CT molecular complexity index is 597. The zero-order valence-corrected chi connectivity index (χ0v) is 12.7. The van der Waals surface area contributed by atoms with Crippen LogP contribution in [0.3, 0.4) is 0 Å². The molecule has 2 rings (SSSR count). The first kappa shape index (κ1) is 15.3. The maximum absolute atomic E-state index is 12.0. The van der Waals surface area contributed by atoms with Gasteiger partial charge in [-0.2, -0.15) is 0 Å². The molecule has 2 aromatic rings. The molecule has 0 fully saturated rings. The van der Waals surface area contributed by atoms with Crippen LogP contribution in [0, 0.1) is 0 Å². The van der Waals surface area contributed by atoms with Gasteiger partial charge in [0.15, 0.2) is 6.61 Å². The summed E-state index contributed by atoms with van der Waals surface area (Å²) in [6, 6.07) is 10.6. The van der Waals surface area contributed by atoms with E-state index in [9.17, 15) is 4.79 Å². The summed E-state index contributed by atoms with van der Waals surface area (Å²) in [5.41, 5.74) is 0.501. The summed E-state index contributed by atoms with van der Waals surface area (Å²) in [4.78, 5) is 16.0. The summed E-state index contributed by atoms with van der Waals surface area (Å²) in [5.74, 6) is 0.419. The summed E-state index contributed by atoms with van der Waals surface area (Å²) in [6.45, 7) is 3.82. The van der Waals surface area contributed by atoms with E-state index in [0.29, 0.717) is 10.8 Å². The van der Waals surface area contributed by atoms with Crippen LogP contribution in [0.4, 0.5) is 0 Å². The Morgan fingerprint density at radius 3 is 2.43 bits per heavy atom. The largest absolute Gasteiger partial charge is 0.484 e. The fraction of sp³-hybridized carbons (Fsp3) is 0.250. The molecule has 0 saturated carbocycles. The highest BCUT2D eigenvalue weighted by molar-refractivity contribution is 6.30. The summed E-state index contributed by atoms with van der Waals surface area (Å²) in [5, 5.41) is 3.57. The molecule has 0 unspecified atom stereocenters. The van der Waals surface area contributed by atoms with Crippen LogP contribution in [-0.4, -0.2) is 17.5 Å². The molecule has 1 heterocycles. The number of aromatic nitrogens is 1. The minimum absolute atomic E-state index is 0.0455. The van der Waals surface area contributed by atoms with Crippen LogP contribution in [0.1, 0.15) is 19.4 Å². The van der Waals surface area contributed by atoms with Crippen molar-refractivity contribution in [1.29, 1.82) is 0 Å². The molecule has 0 aliphatic rings. The second kappa shape index (κ2) is 6.59. The lowest BCUT2D eigenvalue weighted by atomic mass is 9.95. The Morgan fingerprint density at radius 2 is 1.81 bits per heavy atom. The van der Waals surface area contributed by atoms with Crippen LogP contribution in [-0.2, 0) is 10.3 Å². The van der Waals surface area contributed by atoms with E-state index in [0.717, 1.165) is 5.56 Å². The lowest BCUT2D eigenvalue weighted by molar-refractivity contribution is -0.124. The van der Waals surface area contributed by atoms with Gasteiger partial charge in [0.1, 0.15) is 5.75 Å². The number of carbonyl (C=O) groups is 1. The van der Waals surface area contributed by atoms with E-state index in [1.165, 1.54) is 0 Å². The molecule has 0 radical (unpaired) electrons. The van der Waals surface area contributed by atoms with E-state index in [-0.39, 0.29) is 12.5 Å². The third-order valence-electron chi connectivity index (χ3n) is 3.04. The predicted molar refractivity (Wildman–Crippen MR) is 82.4 cm³/mol. The van der Waals surface area contributed by atoms with Gasteiger partial charge in [-0.1, -0.05) is 11.6 Å². The Morgan fingerprint density at radius 1 is 1.19 bits per heavy atom. The van der Waals surface area contributed by atoms with Gasteiger partial charge in [-0.3, -0.25) is 9.78 Å². The lowest BCUT2D eigenvalue weighted by Gasteiger charge is -2.26. The smallest absolute Gasteiger partial charge is 0.258 e. The van der Waals surface area contributed by atoms with Gasteiger partial charge >= 0.3 is 0 Å². The van der Waals surface area contributed by atoms with Gasteiger partial charge < -0.3 is 10.1 Å². The molecule has 0 atom stereocenters. The number of hydrogen-bond donors (Lipinski definition) is 1. The lowest BCUT2D eigenvalue weighted by Crippen LogP contribution is -2.43. The Labute approximate surface area is 129 Å². The summed E-state index contributed by atoms with van der Waals surface area (Å²) in [7, 11) is 0. The average Bonchev–Trinajstić information content (AvgIpc) is 2.47. The number of carbonyl (C=O) groups excluding carboxylic acids is 1. The number of nitrogens with one attached hydrogen (secondary N) is 1. The summed E-state index contributed by atoms with van der Waals surface area (Å²) < 4.78 is 5.42. The first-order valence-corrected chi connectivity index (χ1v) is 6.95. The molecule has 0 saturated heterocycles. The number of hydrogen-bond acceptors (Lipinski definition) is 3. The van der Waals surface area contributed by atoms with Gasteiger partial charge in [-0.15, -0.1) is 0 Å². The number of ether oxygens (including phenoxy) is 1. The van der Waals surface area contributed by atoms with E-state index < -0.39 is 5.54 Å². The van der Waals surface area contributed by atoms with Crippen LogP contribution in [0.25, 0.3) is 0 Å². The third kappa shape index (κ3) is 4.46. The molecule has 0 aliphatic heterocycles. The van der Waals surface area contributed by atoms with Crippen LogP contribution >= 0.6 is 11.6 Å². The molecule has 0 spiro atoms. The second-order valence-electron chi connectivity index (χ2n) is 5.15. The maximum atomic E-state index is 12.0. The standard InChI is InChI=1S/C16H17ClN2O2/c1-16(2,12-7-9-18-10-8-12)19-15(20)11-21-14-5-3-13(17)4-6-14/h3-10H,11H2,1-2H3,(H,19,20). The van der Waals surface area contributed by atoms with Crippen molar-refractivity contribution in [3.05, 3.63) is 59.4 Å². The van der Waals surface area contributed by atoms with Crippen molar-refractivity contribution in [3.8, 4) is 5.75 Å². The highest BCUT2D eigenvalue weighted by Gasteiger charge is 2.22. The fourth-order valence-electron chi connectivity index (χ4n) is 1.91. The van der Waals surface area contributed by atoms with Crippen molar-refractivity contribution in [3.63, 3.8) is 0 Å². The maximum Gasteiger partial charge on any atom is 0.258 e. The molecule has 0 aliphatic carbocycles. The second-order valence-corrected chi connectivity index (χ2v) is 5.59. The molecular formula is C16H17ClN2O2. The number of halogens is 1. The predicted octanol–water partition coefficient (Wildman–Crippen LogP) is 3.17. The molecule has 21 heavy (non-hydrogen) atoms. The molecular weight excluding hydrogens is 288 g/mol. The number of rotatable bonds is 5. The Hall–Kier alpha value is -2.07. The van der Waals surface area contributed by atoms with E-state index >= 15 is 0 Å². The number of pyridine rings is 1. The Balaban J connectivity index is 1.91. The van der Waals surface area contributed by atoms with Crippen LogP contribution < -0.4 is 10.1 Å². The van der Waals surface area contributed by atoms with E-state index in [4.69, 9.17) is 16.3 Å². The molecule has 110 valence electrons. The minimum Gasteiger partial charge on any atom is -0.484 e. The molecule has 5 heteroatoms. The topological polar surface area (TPSA) is 51.2 Å². The fourth-order valence-corrected chi connectivity index (χ4v) is 2.03. The van der Waals surface area contributed by atoms with Crippen LogP contribution in [0.15, 0.2) is 48.8 Å². The normalized spacial score (nSPS) is 11.0. The first-order valence-electron chi connectivity index (χ1n) is 6.57. The minimum atomic E-state index is -0.483. The summed E-state index contributed by atoms with van der Waals surface area (Å²) in [6.07, 6.45) is 3.40. The molecule has 1 aromatic carbocycles. The zero-order valence-electron chi connectivity index (χ0n) is 12.0. The number of amides is 1. The summed E-state index contributed by atoms with van der Waals surface area (Å²) >= 11 is 5.79. The van der Waals surface area contributed by atoms with E-state index in [2.05, 4.69) is 10.3 Å². The van der Waals surface area contributed by atoms with Crippen molar-refractivity contribution < 1.29 is 9.53 Å². The molecule has 0 bridgehead atoms. The van der Waals surface area contributed by atoms with Crippen molar-refractivity contribution >= 4 is 17.5 Å². The molecule has 4 nitrogen and oxygen atoms in total. The molecule has 1 N–H and O–H groups in total. The SMILES string of the molecule is CC(C)(NC(=O)COc1ccc(Cl)cc1)c1ccncc1. The van der Waals surface area contributed by atoms with Gasteiger partial charge in [0.25, 0.3) is 5.91 Å².